The predicted molar refractivity (Wildman–Crippen MR) is 85.1 cm³/mol. The molecule has 0 aliphatic heterocycles. The van der Waals surface area contributed by atoms with E-state index in [9.17, 15) is 9.59 Å². The molecule has 114 valence electrons. The molecule has 0 bridgehead atoms. The first-order valence-corrected chi connectivity index (χ1v) is 6.89. The highest BCUT2D eigenvalue weighted by atomic mass is 35.5. The van der Waals surface area contributed by atoms with Gasteiger partial charge in [-0.1, -0.05) is 23.7 Å². The highest BCUT2D eigenvalue weighted by molar-refractivity contribution is 6.31. The molecule has 0 atom stereocenters. The van der Waals surface area contributed by atoms with Gasteiger partial charge in [-0.25, -0.2) is 4.79 Å². The van der Waals surface area contributed by atoms with Gasteiger partial charge in [-0.2, -0.15) is 0 Å². The molecule has 0 spiro atoms. The molecule has 2 rings (SSSR count). The van der Waals surface area contributed by atoms with E-state index in [1.54, 1.807) is 36.4 Å². The third-order valence-corrected chi connectivity index (χ3v) is 3.31. The molecule has 0 aromatic heterocycles. The van der Waals surface area contributed by atoms with Crippen LogP contribution in [0.1, 0.15) is 26.3 Å². The molecule has 2 aromatic carbocycles. The van der Waals surface area contributed by atoms with Crippen molar-refractivity contribution >= 4 is 29.2 Å². The molecule has 3 N–H and O–H groups in total. The first-order valence-electron chi connectivity index (χ1n) is 6.51. The lowest BCUT2D eigenvalue weighted by atomic mass is 10.1. The maximum Gasteiger partial charge on any atom is 0.337 e. The van der Waals surface area contributed by atoms with Crippen molar-refractivity contribution in [2.75, 3.05) is 12.4 Å². The van der Waals surface area contributed by atoms with E-state index in [-0.39, 0.29) is 0 Å². The van der Waals surface area contributed by atoms with E-state index < -0.39 is 11.9 Å². The molecule has 6 heteroatoms. The van der Waals surface area contributed by atoms with Crippen LogP contribution in [0.15, 0.2) is 42.5 Å². The Morgan fingerprint density at radius 3 is 2.68 bits per heavy atom. The third kappa shape index (κ3) is 3.77. The van der Waals surface area contributed by atoms with Gasteiger partial charge in [0, 0.05) is 17.3 Å². The highest BCUT2D eigenvalue weighted by Gasteiger charge is 2.09. The number of hydrogen-bond acceptors (Lipinski definition) is 4. The number of anilines is 1. The molecule has 0 saturated heterocycles. The number of methoxy groups -OCH3 is 1. The number of carbonyl (C=O) groups is 2. The summed E-state index contributed by atoms with van der Waals surface area (Å²) < 4.78 is 4.68. The van der Waals surface area contributed by atoms with Gasteiger partial charge in [-0.3, -0.25) is 4.79 Å². The second-order valence-corrected chi connectivity index (χ2v) is 5.04. The second kappa shape index (κ2) is 6.95. The van der Waals surface area contributed by atoms with Crippen molar-refractivity contribution in [3.8, 4) is 0 Å². The summed E-state index contributed by atoms with van der Waals surface area (Å²) in [5.74, 6) is -0.940. The number of nitrogens with two attached hydrogens (primary N) is 1. The summed E-state index contributed by atoms with van der Waals surface area (Å²) in [5.41, 5.74) is 7.55. The minimum atomic E-state index is -0.539. The molecule has 5 nitrogen and oxygen atoms in total. The molecule has 0 aliphatic carbocycles. The normalized spacial score (nSPS) is 10.1. The minimum absolute atomic E-state index is 0.355. The number of rotatable bonds is 5. The smallest absolute Gasteiger partial charge is 0.337 e. The van der Waals surface area contributed by atoms with Crippen molar-refractivity contribution in [1.82, 2.24) is 0 Å². The van der Waals surface area contributed by atoms with Gasteiger partial charge in [0.05, 0.1) is 18.2 Å². The van der Waals surface area contributed by atoms with Gasteiger partial charge in [-0.15, -0.1) is 0 Å². The first-order chi connectivity index (χ1) is 10.5. The van der Waals surface area contributed by atoms with Gasteiger partial charge in [0.15, 0.2) is 0 Å². The van der Waals surface area contributed by atoms with Crippen molar-refractivity contribution in [2.24, 2.45) is 5.73 Å². The molecule has 2 aromatic rings. The van der Waals surface area contributed by atoms with Crippen molar-refractivity contribution in [1.29, 1.82) is 0 Å². The maximum absolute atomic E-state index is 11.5. The highest BCUT2D eigenvalue weighted by Crippen LogP contribution is 2.21. The van der Waals surface area contributed by atoms with Gasteiger partial charge in [-0.05, 0) is 35.9 Å². The molecule has 0 aliphatic rings. The molecule has 0 saturated carbocycles. The lowest BCUT2D eigenvalue weighted by Gasteiger charge is -2.11. The van der Waals surface area contributed by atoms with Crippen LogP contribution in [0.4, 0.5) is 5.69 Å². The first kappa shape index (κ1) is 15.9. The SMILES string of the molecule is COC(=O)c1cccc(CNc2cc(Cl)ccc2C(N)=O)c1. The van der Waals surface area contributed by atoms with Crippen LogP contribution in [0.2, 0.25) is 5.02 Å². The maximum atomic E-state index is 11.5. The van der Waals surface area contributed by atoms with Crippen LogP contribution in [-0.2, 0) is 11.3 Å². The topological polar surface area (TPSA) is 81.4 Å². The summed E-state index contributed by atoms with van der Waals surface area (Å²) in [5, 5.41) is 3.59. The lowest BCUT2D eigenvalue weighted by Crippen LogP contribution is -2.14. The molecule has 0 unspecified atom stereocenters. The van der Waals surface area contributed by atoms with E-state index in [2.05, 4.69) is 10.1 Å². The number of hydrogen-bond donors (Lipinski definition) is 2. The van der Waals surface area contributed by atoms with Gasteiger partial charge < -0.3 is 15.8 Å². The average molecular weight is 319 g/mol. The van der Waals surface area contributed by atoms with Gasteiger partial charge in [0.2, 0.25) is 0 Å². The van der Waals surface area contributed by atoms with Crippen LogP contribution < -0.4 is 11.1 Å². The lowest BCUT2D eigenvalue weighted by molar-refractivity contribution is 0.0600. The van der Waals surface area contributed by atoms with Crippen molar-refractivity contribution in [3.63, 3.8) is 0 Å². The van der Waals surface area contributed by atoms with Crippen LogP contribution >= 0.6 is 11.6 Å². The zero-order chi connectivity index (χ0) is 16.1. The zero-order valence-electron chi connectivity index (χ0n) is 11.9. The average Bonchev–Trinajstić information content (AvgIpc) is 2.52. The number of carbonyl (C=O) groups excluding carboxylic acids is 2. The molecule has 0 heterocycles. The standard InChI is InChI=1S/C16H15ClN2O3/c1-22-16(21)11-4-2-3-10(7-11)9-19-14-8-12(17)5-6-13(14)15(18)20/h2-8,19H,9H2,1H3,(H2,18,20). The fourth-order valence-electron chi connectivity index (χ4n) is 2.00. The van der Waals surface area contributed by atoms with Crippen molar-refractivity contribution in [3.05, 3.63) is 64.2 Å². The van der Waals surface area contributed by atoms with Gasteiger partial charge >= 0.3 is 5.97 Å². The van der Waals surface area contributed by atoms with Crippen molar-refractivity contribution < 1.29 is 14.3 Å². The number of benzene rings is 2. The Morgan fingerprint density at radius 2 is 2.00 bits per heavy atom. The predicted octanol–water partition coefficient (Wildman–Crippen LogP) is 2.84. The van der Waals surface area contributed by atoms with Crippen LogP contribution in [0.5, 0.6) is 0 Å². The Kier molecular flexibility index (Phi) is 5.01. The molecular weight excluding hydrogens is 304 g/mol. The van der Waals surface area contributed by atoms with E-state index in [1.165, 1.54) is 7.11 Å². The van der Waals surface area contributed by atoms with E-state index in [0.717, 1.165) is 5.56 Å². The Balaban J connectivity index is 2.18. The van der Waals surface area contributed by atoms with Crippen LogP contribution in [0.3, 0.4) is 0 Å². The number of amides is 1. The summed E-state index contributed by atoms with van der Waals surface area (Å²) in [7, 11) is 1.33. The number of ether oxygens (including phenoxy) is 1. The van der Waals surface area contributed by atoms with Gasteiger partial charge in [0.25, 0.3) is 5.91 Å². The fraction of sp³-hybridized carbons (Fsp3) is 0.125. The number of primary amides is 1. The summed E-state index contributed by atoms with van der Waals surface area (Å²) >= 11 is 5.94. The van der Waals surface area contributed by atoms with Crippen LogP contribution in [-0.4, -0.2) is 19.0 Å². The van der Waals surface area contributed by atoms with Gasteiger partial charge in [0.1, 0.15) is 0 Å². The summed E-state index contributed by atoms with van der Waals surface area (Å²) in [6, 6.07) is 11.8. The van der Waals surface area contributed by atoms with E-state index in [0.29, 0.717) is 28.4 Å². The zero-order valence-corrected chi connectivity index (χ0v) is 12.7. The van der Waals surface area contributed by atoms with Crippen LogP contribution in [0.25, 0.3) is 0 Å². The fourth-order valence-corrected chi connectivity index (χ4v) is 2.17. The van der Waals surface area contributed by atoms with E-state index in [4.69, 9.17) is 17.3 Å². The summed E-state index contributed by atoms with van der Waals surface area (Å²) in [6.45, 7) is 0.408. The Bertz CT molecular complexity index is 716. The van der Waals surface area contributed by atoms with E-state index >= 15 is 0 Å². The molecule has 0 radical (unpaired) electrons. The largest absolute Gasteiger partial charge is 0.465 e. The Labute approximate surface area is 133 Å². The summed E-state index contributed by atoms with van der Waals surface area (Å²) in [6.07, 6.45) is 0. The molecule has 22 heavy (non-hydrogen) atoms. The molecule has 0 fully saturated rings. The summed E-state index contributed by atoms with van der Waals surface area (Å²) in [4.78, 5) is 22.9. The minimum Gasteiger partial charge on any atom is -0.465 e. The number of halogens is 1. The third-order valence-electron chi connectivity index (χ3n) is 3.08. The molecular formula is C16H15ClN2O3. The Morgan fingerprint density at radius 1 is 1.23 bits per heavy atom. The molecule has 1 amide bonds. The van der Waals surface area contributed by atoms with E-state index in [1.807, 2.05) is 6.07 Å². The quantitative estimate of drug-likeness (QED) is 0.831. The second-order valence-electron chi connectivity index (χ2n) is 4.60. The van der Waals surface area contributed by atoms with Crippen LogP contribution in [0, 0.1) is 0 Å². The monoisotopic (exact) mass is 318 g/mol. The number of esters is 1. The Hall–Kier alpha value is -2.53. The number of nitrogens with one attached hydrogen (secondary N) is 1. The van der Waals surface area contributed by atoms with Crippen molar-refractivity contribution in [2.45, 2.75) is 6.54 Å².